The predicted molar refractivity (Wildman–Crippen MR) is 152 cm³/mol. The third-order valence-corrected chi connectivity index (χ3v) is 8.33. The SMILES string of the molecule is COC(=O)c1cn(C(=O)c2ccccc2N(Cc2ccccc2)S(=O)(=O)c2ccc(OC)cc2)c2ccccc12. The Bertz CT molecular complexity index is 1800. The zero-order valence-corrected chi connectivity index (χ0v) is 22.7. The predicted octanol–water partition coefficient (Wildman–Crippen LogP) is 5.52. The number of rotatable bonds is 8. The number of benzene rings is 4. The standard InChI is InChI=1S/C31H26N2O6S/c1-38-23-16-18-24(19-17-23)40(36,37)33(20-22-10-4-3-5-11-22)29-15-9-7-13-26(29)30(34)32-21-27(31(35)39-2)25-12-6-8-14-28(25)32/h3-19,21H,20H2,1-2H3. The summed E-state index contributed by atoms with van der Waals surface area (Å²) in [7, 11) is -1.35. The lowest BCUT2D eigenvalue weighted by atomic mass is 10.1. The van der Waals surface area contributed by atoms with E-state index in [0.717, 1.165) is 5.56 Å². The molecular formula is C31H26N2O6S. The maximum atomic E-state index is 14.1. The average molecular weight is 555 g/mol. The number of fused-ring (bicyclic) bond motifs is 1. The van der Waals surface area contributed by atoms with Crippen molar-refractivity contribution in [2.24, 2.45) is 0 Å². The first-order valence-corrected chi connectivity index (χ1v) is 13.8. The smallest absolute Gasteiger partial charge is 0.340 e. The van der Waals surface area contributed by atoms with Crippen LogP contribution < -0.4 is 9.04 Å². The maximum Gasteiger partial charge on any atom is 0.340 e. The lowest BCUT2D eigenvalue weighted by Crippen LogP contribution is -2.32. The monoisotopic (exact) mass is 554 g/mol. The van der Waals surface area contributed by atoms with E-state index in [-0.39, 0.29) is 28.3 Å². The van der Waals surface area contributed by atoms with Crippen molar-refractivity contribution in [3.8, 4) is 5.75 Å². The van der Waals surface area contributed by atoms with Crippen LogP contribution in [-0.4, -0.2) is 39.1 Å². The van der Waals surface area contributed by atoms with E-state index < -0.39 is 21.9 Å². The molecule has 8 nitrogen and oxygen atoms in total. The van der Waals surface area contributed by atoms with Crippen LogP contribution in [0.1, 0.15) is 26.3 Å². The van der Waals surface area contributed by atoms with Crippen molar-refractivity contribution < 1.29 is 27.5 Å². The summed E-state index contributed by atoms with van der Waals surface area (Å²) in [5.74, 6) is -0.557. The number of para-hydroxylation sites is 2. The molecule has 1 heterocycles. The summed E-state index contributed by atoms with van der Waals surface area (Å²) in [6, 6.07) is 28.7. The molecule has 0 atom stereocenters. The van der Waals surface area contributed by atoms with Crippen LogP contribution in [0, 0.1) is 0 Å². The number of hydrogen-bond donors (Lipinski definition) is 0. The van der Waals surface area contributed by atoms with Gasteiger partial charge < -0.3 is 9.47 Å². The van der Waals surface area contributed by atoms with Crippen LogP contribution in [0.2, 0.25) is 0 Å². The summed E-state index contributed by atoms with van der Waals surface area (Å²) >= 11 is 0. The molecule has 0 aliphatic rings. The molecular weight excluding hydrogens is 528 g/mol. The molecule has 1 aromatic heterocycles. The number of carbonyl (C=O) groups is 2. The quantitative estimate of drug-likeness (QED) is 0.235. The number of carbonyl (C=O) groups excluding carboxylic acids is 2. The number of anilines is 1. The molecule has 40 heavy (non-hydrogen) atoms. The molecule has 0 aliphatic carbocycles. The Morgan fingerprint density at radius 3 is 2.12 bits per heavy atom. The van der Waals surface area contributed by atoms with Crippen LogP contribution in [0.5, 0.6) is 5.75 Å². The van der Waals surface area contributed by atoms with Crippen molar-refractivity contribution in [3.05, 3.63) is 126 Å². The normalized spacial score (nSPS) is 11.2. The summed E-state index contributed by atoms with van der Waals surface area (Å²) in [5, 5.41) is 0.548. The molecule has 0 amide bonds. The van der Waals surface area contributed by atoms with Crippen molar-refractivity contribution >= 4 is 38.5 Å². The lowest BCUT2D eigenvalue weighted by Gasteiger charge is -2.27. The van der Waals surface area contributed by atoms with Gasteiger partial charge >= 0.3 is 5.97 Å². The van der Waals surface area contributed by atoms with Gasteiger partial charge in [-0.2, -0.15) is 0 Å². The maximum absolute atomic E-state index is 14.1. The van der Waals surface area contributed by atoms with Gasteiger partial charge in [-0.15, -0.1) is 0 Å². The van der Waals surface area contributed by atoms with E-state index in [9.17, 15) is 18.0 Å². The second-order valence-corrected chi connectivity index (χ2v) is 10.8. The Labute approximate surface area is 232 Å². The minimum Gasteiger partial charge on any atom is -0.497 e. The molecule has 0 fully saturated rings. The third-order valence-electron chi connectivity index (χ3n) is 6.56. The van der Waals surface area contributed by atoms with E-state index in [1.165, 1.54) is 41.4 Å². The van der Waals surface area contributed by atoms with Gasteiger partial charge in [-0.1, -0.05) is 60.7 Å². The van der Waals surface area contributed by atoms with Crippen molar-refractivity contribution in [2.75, 3.05) is 18.5 Å². The molecule has 4 aromatic carbocycles. The van der Waals surface area contributed by atoms with Crippen molar-refractivity contribution in [3.63, 3.8) is 0 Å². The highest BCUT2D eigenvalue weighted by Crippen LogP contribution is 2.32. The zero-order valence-electron chi connectivity index (χ0n) is 21.9. The van der Waals surface area contributed by atoms with E-state index in [1.54, 1.807) is 60.7 Å². The van der Waals surface area contributed by atoms with E-state index in [2.05, 4.69) is 0 Å². The van der Waals surface area contributed by atoms with Crippen LogP contribution in [0.3, 0.4) is 0 Å². The van der Waals surface area contributed by atoms with Crippen molar-refractivity contribution in [2.45, 2.75) is 11.4 Å². The number of aromatic nitrogens is 1. The summed E-state index contributed by atoms with van der Waals surface area (Å²) in [6.45, 7) is -0.0146. The molecule has 0 aliphatic heterocycles. The number of nitrogens with zero attached hydrogens (tertiary/aromatic N) is 2. The second kappa shape index (κ2) is 11.1. The fourth-order valence-electron chi connectivity index (χ4n) is 4.55. The van der Waals surface area contributed by atoms with E-state index in [0.29, 0.717) is 16.7 Å². The molecule has 0 saturated heterocycles. The van der Waals surface area contributed by atoms with Gasteiger partial charge in [-0.3, -0.25) is 13.7 Å². The summed E-state index contributed by atoms with van der Waals surface area (Å²) < 4.78 is 40.9. The van der Waals surface area contributed by atoms with Gasteiger partial charge in [0.25, 0.3) is 15.9 Å². The fraction of sp³-hybridized carbons (Fsp3) is 0.0968. The number of methoxy groups -OCH3 is 2. The molecule has 5 aromatic rings. The molecule has 0 radical (unpaired) electrons. The molecule has 0 spiro atoms. The van der Waals surface area contributed by atoms with Gasteiger partial charge in [0.2, 0.25) is 0 Å². The lowest BCUT2D eigenvalue weighted by molar-refractivity contribution is 0.0603. The van der Waals surface area contributed by atoms with Crippen LogP contribution in [0.25, 0.3) is 10.9 Å². The van der Waals surface area contributed by atoms with Gasteiger partial charge in [0, 0.05) is 11.6 Å². The zero-order chi connectivity index (χ0) is 28.3. The molecule has 0 N–H and O–H groups in total. The van der Waals surface area contributed by atoms with Crippen LogP contribution in [-0.2, 0) is 21.3 Å². The van der Waals surface area contributed by atoms with E-state index in [4.69, 9.17) is 9.47 Å². The second-order valence-electron chi connectivity index (χ2n) is 8.92. The minimum absolute atomic E-state index is 0.0146. The molecule has 0 unspecified atom stereocenters. The average Bonchev–Trinajstić information content (AvgIpc) is 3.39. The van der Waals surface area contributed by atoms with E-state index >= 15 is 0 Å². The van der Waals surface area contributed by atoms with Gasteiger partial charge in [0.1, 0.15) is 5.75 Å². The first kappa shape index (κ1) is 26.7. The highest BCUT2D eigenvalue weighted by molar-refractivity contribution is 7.92. The Morgan fingerprint density at radius 1 is 0.775 bits per heavy atom. The molecule has 202 valence electrons. The Morgan fingerprint density at radius 2 is 1.43 bits per heavy atom. The summed E-state index contributed by atoms with van der Waals surface area (Å²) in [5.41, 5.74) is 1.81. The number of ether oxygens (including phenoxy) is 2. The van der Waals surface area contributed by atoms with Gasteiger partial charge in [0.15, 0.2) is 0 Å². The molecule has 0 bridgehead atoms. The third kappa shape index (κ3) is 4.94. The van der Waals surface area contributed by atoms with Crippen molar-refractivity contribution in [1.82, 2.24) is 4.57 Å². The first-order valence-electron chi connectivity index (χ1n) is 12.4. The summed E-state index contributed by atoms with van der Waals surface area (Å²) in [4.78, 5) is 26.6. The number of hydrogen-bond acceptors (Lipinski definition) is 6. The number of sulfonamides is 1. The Balaban J connectivity index is 1.67. The molecule has 9 heteroatoms. The minimum atomic E-state index is -4.13. The van der Waals surface area contributed by atoms with Crippen LogP contribution in [0.4, 0.5) is 5.69 Å². The fourth-order valence-corrected chi connectivity index (χ4v) is 6.02. The molecule has 0 saturated carbocycles. The Hall–Kier alpha value is -4.89. The van der Waals surface area contributed by atoms with Crippen molar-refractivity contribution in [1.29, 1.82) is 0 Å². The van der Waals surface area contributed by atoms with Gasteiger partial charge in [-0.05, 0) is 48.0 Å². The topological polar surface area (TPSA) is 94.9 Å². The highest BCUT2D eigenvalue weighted by Gasteiger charge is 2.30. The van der Waals surface area contributed by atoms with Gasteiger partial charge in [0.05, 0.1) is 48.0 Å². The summed E-state index contributed by atoms with van der Waals surface area (Å²) in [6.07, 6.45) is 1.43. The highest BCUT2D eigenvalue weighted by atomic mass is 32.2. The van der Waals surface area contributed by atoms with Crippen LogP contribution in [0.15, 0.2) is 114 Å². The van der Waals surface area contributed by atoms with Crippen LogP contribution >= 0.6 is 0 Å². The largest absolute Gasteiger partial charge is 0.497 e. The Kier molecular flexibility index (Phi) is 7.39. The van der Waals surface area contributed by atoms with E-state index in [1.807, 2.05) is 30.3 Å². The first-order chi connectivity index (χ1) is 19.3. The van der Waals surface area contributed by atoms with Gasteiger partial charge in [-0.25, -0.2) is 13.2 Å². The molecule has 5 rings (SSSR count). The number of esters is 1.